The molecule has 1 amide bonds. The highest BCUT2D eigenvalue weighted by atomic mass is 16.3. The van der Waals surface area contributed by atoms with Gasteiger partial charge >= 0.3 is 0 Å². The number of rotatable bonds is 6. The van der Waals surface area contributed by atoms with Crippen LogP contribution < -0.4 is 5.32 Å². The number of aryl methyl sites for hydroxylation is 1. The molecule has 0 radical (unpaired) electrons. The van der Waals surface area contributed by atoms with E-state index in [0.29, 0.717) is 12.5 Å². The Balaban J connectivity index is 1.75. The maximum Gasteiger partial charge on any atom is 0.288 e. The van der Waals surface area contributed by atoms with Gasteiger partial charge in [0.25, 0.3) is 5.91 Å². The number of nitrogens with zero attached hydrogens (tertiary/aromatic N) is 3. The van der Waals surface area contributed by atoms with Crippen molar-refractivity contribution in [2.45, 2.75) is 32.7 Å². The van der Waals surface area contributed by atoms with E-state index in [1.807, 2.05) is 12.4 Å². The predicted molar refractivity (Wildman–Crippen MR) is 69.8 cm³/mol. The van der Waals surface area contributed by atoms with Gasteiger partial charge in [0.15, 0.2) is 6.39 Å². The van der Waals surface area contributed by atoms with Gasteiger partial charge in [0.2, 0.25) is 5.76 Å². The lowest BCUT2D eigenvalue weighted by Crippen LogP contribution is -2.25. The number of imidazole rings is 1. The molecule has 102 valence electrons. The van der Waals surface area contributed by atoms with Crippen LogP contribution in [0.4, 0.5) is 0 Å². The standard InChI is InChI=1S/C13H18N4O2/c1-10(2)12-15-5-7-17(12)6-3-4-16-13(18)11-8-14-9-19-11/h5,7-10H,3-4,6H2,1-2H3,(H,16,18). The highest BCUT2D eigenvalue weighted by molar-refractivity contribution is 5.90. The normalized spacial score (nSPS) is 10.9. The zero-order valence-electron chi connectivity index (χ0n) is 11.2. The Morgan fingerprint density at radius 1 is 1.53 bits per heavy atom. The summed E-state index contributed by atoms with van der Waals surface area (Å²) in [6.07, 6.45) is 7.27. The van der Waals surface area contributed by atoms with Crippen molar-refractivity contribution in [3.63, 3.8) is 0 Å². The molecule has 0 atom stereocenters. The molecular weight excluding hydrogens is 244 g/mol. The molecule has 2 rings (SSSR count). The summed E-state index contributed by atoms with van der Waals surface area (Å²) in [7, 11) is 0. The van der Waals surface area contributed by atoms with E-state index in [2.05, 4.69) is 33.7 Å². The van der Waals surface area contributed by atoms with Gasteiger partial charge < -0.3 is 14.3 Å². The lowest BCUT2D eigenvalue weighted by molar-refractivity contribution is 0.0925. The summed E-state index contributed by atoms with van der Waals surface area (Å²) in [5.41, 5.74) is 0. The quantitative estimate of drug-likeness (QED) is 0.806. The summed E-state index contributed by atoms with van der Waals surface area (Å²) in [5, 5.41) is 2.79. The minimum Gasteiger partial charge on any atom is -0.438 e. The Hall–Kier alpha value is -2.11. The average molecular weight is 262 g/mol. The fourth-order valence-electron chi connectivity index (χ4n) is 1.88. The summed E-state index contributed by atoms with van der Waals surface area (Å²) < 4.78 is 7.03. The molecule has 0 saturated heterocycles. The molecule has 0 aromatic carbocycles. The van der Waals surface area contributed by atoms with Gasteiger partial charge in [-0.3, -0.25) is 4.79 Å². The van der Waals surface area contributed by atoms with Crippen molar-refractivity contribution in [3.8, 4) is 0 Å². The van der Waals surface area contributed by atoms with Gasteiger partial charge in [-0.2, -0.15) is 0 Å². The molecule has 6 nitrogen and oxygen atoms in total. The van der Waals surface area contributed by atoms with Gasteiger partial charge in [0.1, 0.15) is 5.82 Å². The number of carbonyl (C=O) groups is 1. The summed E-state index contributed by atoms with van der Waals surface area (Å²) in [4.78, 5) is 19.6. The summed E-state index contributed by atoms with van der Waals surface area (Å²) in [6.45, 7) is 5.66. The zero-order chi connectivity index (χ0) is 13.7. The Labute approximate surface area is 111 Å². The van der Waals surface area contributed by atoms with Gasteiger partial charge in [0.05, 0.1) is 6.20 Å². The van der Waals surface area contributed by atoms with Crippen molar-refractivity contribution >= 4 is 5.91 Å². The largest absolute Gasteiger partial charge is 0.438 e. The first-order valence-electron chi connectivity index (χ1n) is 6.36. The number of nitrogens with one attached hydrogen (secondary N) is 1. The Kier molecular flexibility index (Phi) is 4.33. The zero-order valence-corrected chi connectivity index (χ0v) is 11.2. The molecule has 0 aliphatic heterocycles. The Morgan fingerprint density at radius 2 is 2.37 bits per heavy atom. The fourth-order valence-corrected chi connectivity index (χ4v) is 1.88. The van der Waals surface area contributed by atoms with E-state index in [9.17, 15) is 4.79 Å². The first kappa shape index (κ1) is 13.3. The number of hydrogen-bond donors (Lipinski definition) is 1. The number of oxazole rings is 1. The van der Waals surface area contributed by atoms with Crippen LogP contribution in [0.3, 0.4) is 0 Å². The van der Waals surface area contributed by atoms with Gasteiger partial charge in [-0.05, 0) is 6.42 Å². The molecule has 0 spiro atoms. The molecule has 2 aromatic rings. The molecule has 2 aromatic heterocycles. The number of aromatic nitrogens is 3. The van der Waals surface area contributed by atoms with Crippen LogP contribution >= 0.6 is 0 Å². The third kappa shape index (κ3) is 3.43. The van der Waals surface area contributed by atoms with Crippen molar-refractivity contribution in [1.82, 2.24) is 19.9 Å². The first-order valence-corrected chi connectivity index (χ1v) is 6.36. The van der Waals surface area contributed by atoms with Crippen LogP contribution in [0, 0.1) is 0 Å². The lowest BCUT2D eigenvalue weighted by atomic mass is 10.2. The highest BCUT2D eigenvalue weighted by Gasteiger charge is 2.09. The third-order valence-corrected chi connectivity index (χ3v) is 2.78. The van der Waals surface area contributed by atoms with Crippen LogP contribution in [-0.4, -0.2) is 27.0 Å². The van der Waals surface area contributed by atoms with E-state index >= 15 is 0 Å². The van der Waals surface area contributed by atoms with Gasteiger partial charge in [-0.1, -0.05) is 13.8 Å². The van der Waals surface area contributed by atoms with Crippen molar-refractivity contribution in [3.05, 3.63) is 36.6 Å². The highest BCUT2D eigenvalue weighted by Crippen LogP contribution is 2.11. The second-order valence-electron chi connectivity index (χ2n) is 4.61. The molecule has 6 heteroatoms. The molecule has 2 heterocycles. The molecule has 0 aliphatic carbocycles. The predicted octanol–water partition coefficient (Wildman–Crippen LogP) is 1.81. The Bertz CT molecular complexity index is 516. The minimum absolute atomic E-state index is 0.229. The molecule has 0 saturated carbocycles. The minimum atomic E-state index is -0.229. The van der Waals surface area contributed by atoms with Crippen LogP contribution in [0.5, 0.6) is 0 Å². The van der Waals surface area contributed by atoms with Crippen LogP contribution in [0.2, 0.25) is 0 Å². The SMILES string of the molecule is CC(C)c1nccn1CCCNC(=O)c1cnco1. The van der Waals surface area contributed by atoms with E-state index in [-0.39, 0.29) is 11.7 Å². The molecule has 0 fully saturated rings. The van der Waals surface area contributed by atoms with E-state index < -0.39 is 0 Å². The third-order valence-electron chi connectivity index (χ3n) is 2.78. The second kappa shape index (κ2) is 6.17. The van der Waals surface area contributed by atoms with E-state index in [1.165, 1.54) is 12.6 Å². The number of amides is 1. The van der Waals surface area contributed by atoms with Crippen LogP contribution in [0.25, 0.3) is 0 Å². The van der Waals surface area contributed by atoms with Crippen molar-refractivity contribution in [2.24, 2.45) is 0 Å². The summed E-state index contributed by atoms with van der Waals surface area (Å²) >= 11 is 0. The topological polar surface area (TPSA) is 73.0 Å². The van der Waals surface area contributed by atoms with Crippen LogP contribution in [0.15, 0.2) is 29.4 Å². The second-order valence-corrected chi connectivity index (χ2v) is 4.61. The summed E-state index contributed by atoms with van der Waals surface area (Å²) in [5.74, 6) is 1.48. The van der Waals surface area contributed by atoms with Gasteiger partial charge in [-0.25, -0.2) is 9.97 Å². The van der Waals surface area contributed by atoms with E-state index in [1.54, 1.807) is 0 Å². The molecule has 0 bridgehead atoms. The van der Waals surface area contributed by atoms with Crippen molar-refractivity contribution in [2.75, 3.05) is 6.54 Å². The lowest BCUT2D eigenvalue weighted by Gasteiger charge is -2.10. The first-order chi connectivity index (χ1) is 9.18. The van der Waals surface area contributed by atoms with Crippen molar-refractivity contribution < 1.29 is 9.21 Å². The molecule has 1 N–H and O–H groups in total. The maximum atomic E-state index is 11.6. The maximum absolute atomic E-state index is 11.6. The molecule has 0 unspecified atom stereocenters. The smallest absolute Gasteiger partial charge is 0.288 e. The van der Waals surface area contributed by atoms with Gasteiger partial charge in [-0.15, -0.1) is 0 Å². The Morgan fingerprint density at radius 3 is 3.05 bits per heavy atom. The fraction of sp³-hybridized carbons (Fsp3) is 0.462. The number of hydrogen-bond acceptors (Lipinski definition) is 4. The molecule has 19 heavy (non-hydrogen) atoms. The average Bonchev–Trinajstić information content (AvgIpc) is 3.04. The van der Waals surface area contributed by atoms with Crippen LogP contribution in [0.1, 0.15) is 42.6 Å². The molecule has 0 aliphatic rings. The van der Waals surface area contributed by atoms with E-state index in [4.69, 9.17) is 4.42 Å². The molecular formula is C13H18N4O2. The monoisotopic (exact) mass is 262 g/mol. The number of carbonyl (C=O) groups excluding carboxylic acids is 1. The van der Waals surface area contributed by atoms with Crippen molar-refractivity contribution in [1.29, 1.82) is 0 Å². The summed E-state index contributed by atoms with van der Waals surface area (Å²) in [6, 6.07) is 0. The van der Waals surface area contributed by atoms with E-state index in [0.717, 1.165) is 18.8 Å². The van der Waals surface area contributed by atoms with Crippen LogP contribution in [-0.2, 0) is 6.54 Å². The van der Waals surface area contributed by atoms with Gasteiger partial charge in [0, 0.05) is 31.4 Å².